The fourth-order valence-corrected chi connectivity index (χ4v) is 1.28. The number of nitrogens with zero attached hydrogens (tertiary/aromatic N) is 2. The first-order valence-electron chi connectivity index (χ1n) is 5.64. The van der Waals surface area contributed by atoms with Crippen molar-refractivity contribution in [2.24, 2.45) is 5.92 Å². The summed E-state index contributed by atoms with van der Waals surface area (Å²) in [5.41, 5.74) is -0.839. The summed E-state index contributed by atoms with van der Waals surface area (Å²) >= 11 is 0. The lowest BCUT2D eigenvalue weighted by Crippen LogP contribution is -2.33. The van der Waals surface area contributed by atoms with Gasteiger partial charge >= 0.3 is 6.18 Å². The van der Waals surface area contributed by atoms with Crippen LogP contribution < -0.4 is 5.32 Å². The molecular weight excluding hydrogens is 231 g/mol. The number of aromatic nitrogens is 2. The highest BCUT2D eigenvalue weighted by molar-refractivity contribution is 5.03. The molecule has 6 heteroatoms. The predicted molar refractivity (Wildman–Crippen MR) is 59.5 cm³/mol. The van der Waals surface area contributed by atoms with Crippen LogP contribution in [0.25, 0.3) is 0 Å². The lowest BCUT2D eigenvalue weighted by atomic mass is 10.1. The second-order valence-corrected chi connectivity index (χ2v) is 4.45. The fraction of sp³-hybridized carbons (Fsp3) is 0.727. The van der Waals surface area contributed by atoms with Gasteiger partial charge in [0.1, 0.15) is 0 Å². The molecule has 1 aromatic rings. The van der Waals surface area contributed by atoms with Crippen LogP contribution >= 0.6 is 0 Å². The Morgan fingerprint density at radius 1 is 1.35 bits per heavy atom. The van der Waals surface area contributed by atoms with Gasteiger partial charge in [-0.3, -0.25) is 4.68 Å². The summed E-state index contributed by atoms with van der Waals surface area (Å²) in [7, 11) is 0. The maximum atomic E-state index is 12.3. The predicted octanol–water partition coefficient (Wildman–Crippen LogP) is 2.54. The maximum absolute atomic E-state index is 12.3. The number of rotatable bonds is 5. The van der Waals surface area contributed by atoms with Crippen molar-refractivity contribution in [1.29, 1.82) is 0 Å². The monoisotopic (exact) mass is 249 g/mol. The van der Waals surface area contributed by atoms with Crippen LogP contribution in [-0.2, 0) is 12.7 Å². The molecule has 0 bridgehead atoms. The van der Waals surface area contributed by atoms with Crippen molar-refractivity contribution in [3.05, 3.63) is 18.0 Å². The van der Waals surface area contributed by atoms with Crippen LogP contribution in [0.5, 0.6) is 0 Å². The molecule has 98 valence electrons. The van der Waals surface area contributed by atoms with Crippen molar-refractivity contribution in [2.75, 3.05) is 6.54 Å². The van der Waals surface area contributed by atoms with E-state index in [-0.39, 0.29) is 0 Å². The number of hydrogen-bond acceptors (Lipinski definition) is 2. The number of nitrogens with one attached hydrogen (secondary N) is 1. The van der Waals surface area contributed by atoms with Gasteiger partial charge < -0.3 is 5.32 Å². The van der Waals surface area contributed by atoms with E-state index in [4.69, 9.17) is 0 Å². The molecule has 0 saturated carbocycles. The Morgan fingerprint density at radius 3 is 2.47 bits per heavy atom. The molecule has 0 fully saturated rings. The molecule has 1 rings (SSSR count). The number of halogens is 3. The molecule has 0 saturated heterocycles. The first-order valence-corrected chi connectivity index (χ1v) is 5.64. The van der Waals surface area contributed by atoms with E-state index in [0.717, 1.165) is 6.07 Å². The molecule has 3 nitrogen and oxygen atoms in total. The SMILES string of the molecule is CC(C)C(C)NCCn1ccc(C(F)(F)F)n1. The molecule has 0 amide bonds. The Morgan fingerprint density at radius 2 is 2.00 bits per heavy atom. The van der Waals surface area contributed by atoms with Gasteiger partial charge in [0.05, 0.1) is 6.54 Å². The van der Waals surface area contributed by atoms with Gasteiger partial charge in [0.15, 0.2) is 5.69 Å². The van der Waals surface area contributed by atoms with Crippen LogP contribution in [0.2, 0.25) is 0 Å². The molecule has 0 radical (unpaired) electrons. The zero-order valence-corrected chi connectivity index (χ0v) is 10.3. The molecule has 0 aliphatic heterocycles. The molecule has 0 aromatic carbocycles. The summed E-state index contributed by atoms with van der Waals surface area (Å²) < 4.78 is 38.1. The molecule has 1 atom stereocenters. The van der Waals surface area contributed by atoms with Crippen molar-refractivity contribution < 1.29 is 13.2 Å². The number of hydrogen-bond donors (Lipinski definition) is 1. The lowest BCUT2D eigenvalue weighted by Gasteiger charge is -2.17. The third-order valence-electron chi connectivity index (χ3n) is 2.74. The van der Waals surface area contributed by atoms with Crippen LogP contribution in [0.4, 0.5) is 13.2 Å². The molecule has 1 heterocycles. The Hall–Kier alpha value is -1.04. The molecule has 0 aliphatic rings. The molecule has 0 spiro atoms. The van der Waals surface area contributed by atoms with Gasteiger partial charge in [-0.1, -0.05) is 13.8 Å². The quantitative estimate of drug-likeness (QED) is 0.869. The van der Waals surface area contributed by atoms with E-state index in [2.05, 4.69) is 31.2 Å². The minimum absolute atomic E-state index is 0.340. The summed E-state index contributed by atoms with van der Waals surface area (Å²) in [6, 6.07) is 1.33. The zero-order chi connectivity index (χ0) is 13.1. The van der Waals surface area contributed by atoms with Crippen LogP contribution in [-0.4, -0.2) is 22.4 Å². The first-order chi connectivity index (χ1) is 7.80. The van der Waals surface area contributed by atoms with Gasteiger partial charge in [-0.15, -0.1) is 0 Å². The molecule has 1 aromatic heterocycles. The normalized spacial score (nSPS) is 14.3. The van der Waals surface area contributed by atoms with Crippen molar-refractivity contribution in [2.45, 2.75) is 39.5 Å². The minimum atomic E-state index is -4.36. The van der Waals surface area contributed by atoms with E-state index in [1.807, 2.05) is 0 Å². The second kappa shape index (κ2) is 5.53. The highest BCUT2D eigenvalue weighted by Crippen LogP contribution is 2.27. The van der Waals surface area contributed by atoms with Gasteiger partial charge in [0, 0.05) is 18.8 Å². The van der Waals surface area contributed by atoms with E-state index in [9.17, 15) is 13.2 Å². The summed E-state index contributed by atoms with van der Waals surface area (Å²) in [6.07, 6.45) is -3.01. The maximum Gasteiger partial charge on any atom is 0.435 e. The molecule has 17 heavy (non-hydrogen) atoms. The Balaban J connectivity index is 2.41. The van der Waals surface area contributed by atoms with E-state index >= 15 is 0 Å². The second-order valence-electron chi connectivity index (χ2n) is 4.45. The third kappa shape index (κ3) is 4.38. The van der Waals surface area contributed by atoms with E-state index in [1.54, 1.807) is 0 Å². The average Bonchev–Trinajstić information content (AvgIpc) is 2.65. The van der Waals surface area contributed by atoms with E-state index in [0.29, 0.717) is 25.0 Å². The highest BCUT2D eigenvalue weighted by atomic mass is 19.4. The fourth-order valence-electron chi connectivity index (χ4n) is 1.28. The first kappa shape index (κ1) is 14.0. The smallest absolute Gasteiger partial charge is 0.312 e. The van der Waals surface area contributed by atoms with Crippen molar-refractivity contribution in [3.8, 4) is 0 Å². The van der Waals surface area contributed by atoms with Crippen molar-refractivity contribution in [1.82, 2.24) is 15.1 Å². The summed E-state index contributed by atoms with van der Waals surface area (Å²) in [4.78, 5) is 0. The Labute approximate surface area is 99.0 Å². The Bertz CT molecular complexity index is 344. The summed E-state index contributed by atoms with van der Waals surface area (Å²) in [6.45, 7) is 7.28. The van der Waals surface area contributed by atoms with Crippen molar-refractivity contribution >= 4 is 0 Å². The minimum Gasteiger partial charge on any atom is -0.312 e. The van der Waals surface area contributed by atoms with E-state index < -0.39 is 11.9 Å². The largest absolute Gasteiger partial charge is 0.435 e. The summed E-state index contributed by atoms with van der Waals surface area (Å²) in [5, 5.41) is 6.71. The lowest BCUT2D eigenvalue weighted by molar-refractivity contribution is -0.141. The molecule has 1 N–H and O–H groups in total. The number of alkyl halides is 3. The topological polar surface area (TPSA) is 29.9 Å². The van der Waals surface area contributed by atoms with Gasteiger partial charge in [0.2, 0.25) is 0 Å². The van der Waals surface area contributed by atoms with Crippen LogP contribution in [0, 0.1) is 5.92 Å². The molecular formula is C11H18F3N3. The van der Waals surface area contributed by atoms with Gasteiger partial charge in [-0.25, -0.2) is 0 Å². The third-order valence-corrected chi connectivity index (χ3v) is 2.74. The Kier molecular flexibility index (Phi) is 4.56. The van der Waals surface area contributed by atoms with Gasteiger partial charge in [-0.05, 0) is 18.9 Å². The average molecular weight is 249 g/mol. The summed E-state index contributed by atoms with van der Waals surface area (Å²) in [5.74, 6) is 0.498. The van der Waals surface area contributed by atoms with Gasteiger partial charge in [-0.2, -0.15) is 18.3 Å². The van der Waals surface area contributed by atoms with Crippen LogP contribution in [0.15, 0.2) is 12.3 Å². The van der Waals surface area contributed by atoms with E-state index in [1.165, 1.54) is 10.9 Å². The van der Waals surface area contributed by atoms with Crippen molar-refractivity contribution in [3.63, 3.8) is 0 Å². The standard InChI is InChI=1S/C11H18F3N3/c1-8(2)9(3)15-5-7-17-6-4-10(16-17)11(12,13)14/h4,6,8-9,15H,5,7H2,1-3H3. The molecule has 0 aliphatic carbocycles. The molecule has 1 unspecified atom stereocenters. The highest BCUT2D eigenvalue weighted by Gasteiger charge is 2.33. The van der Waals surface area contributed by atoms with Crippen LogP contribution in [0.3, 0.4) is 0 Å². The van der Waals surface area contributed by atoms with Gasteiger partial charge in [0.25, 0.3) is 0 Å². The van der Waals surface area contributed by atoms with Crippen LogP contribution in [0.1, 0.15) is 26.5 Å². The zero-order valence-electron chi connectivity index (χ0n) is 10.3.